The number of para-hydroxylation sites is 1. The van der Waals surface area contributed by atoms with Crippen LogP contribution >= 0.6 is 0 Å². The van der Waals surface area contributed by atoms with E-state index in [0.717, 1.165) is 29.3 Å². The largest absolute Gasteiger partial charge is 0.385 e. The van der Waals surface area contributed by atoms with E-state index >= 15 is 0 Å². The quantitative estimate of drug-likeness (QED) is 0.775. The number of aliphatic hydroxyl groups is 1. The second-order valence-corrected chi connectivity index (χ2v) is 5.85. The van der Waals surface area contributed by atoms with Gasteiger partial charge in [-0.05, 0) is 41.7 Å². The van der Waals surface area contributed by atoms with Gasteiger partial charge in [0.2, 0.25) is 0 Å². The number of benzene rings is 2. The number of pyridine rings is 1. The standard InChI is InChI=1S/C19H17NO/c21-19(11-9-14-5-1-3-7-17(14)19)13-15-10-12-20-18-8-4-2-6-16(15)18/h1-8,10,12,21H,9,11,13H2. The Kier molecular flexibility index (Phi) is 2.79. The van der Waals surface area contributed by atoms with Crippen molar-refractivity contribution in [1.82, 2.24) is 4.98 Å². The highest BCUT2D eigenvalue weighted by Gasteiger charge is 2.36. The molecule has 1 N–H and O–H groups in total. The highest BCUT2D eigenvalue weighted by molar-refractivity contribution is 5.82. The second-order valence-electron chi connectivity index (χ2n) is 5.85. The summed E-state index contributed by atoms with van der Waals surface area (Å²) in [6, 6.07) is 18.4. The number of rotatable bonds is 2. The van der Waals surface area contributed by atoms with E-state index in [1.807, 2.05) is 42.6 Å². The van der Waals surface area contributed by atoms with Crippen molar-refractivity contribution in [2.75, 3.05) is 0 Å². The zero-order valence-electron chi connectivity index (χ0n) is 11.8. The molecule has 21 heavy (non-hydrogen) atoms. The molecule has 3 aromatic rings. The third-order valence-corrected chi connectivity index (χ3v) is 4.55. The molecule has 2 nitrogen and oxygen atoms in total. The normalized spacial score (nSPS) is 20.6. The van der Waals surface area contributed by atoms with Gasteiger partial charge in [-0.15, -0.1) is 0 Å². The van der Waals surface area contributed by atoms with E-state index in [1.54, 1.807) is 0 Å². The summed E-state index contributed by atoms with van der Waals surface area (Å²) < 4.78 is 0. The highest BCUT2D eigenvalue weighted by Crippen LogP contribution is 2.40. The molecule has 104 valence electrons. The molecule has 2 heteroatoms. The van der Waals surface area contributed by atoms with E-state index < -0.39 is 5.60 Å². The summed E-state index contributed by atoms with van der Waals surface area (Å²) in [7, 11) is 0. The molecule has 0 spiro atoms. The Hall–Kier alpha value is -2.19. The Morgan fingerprint density at radius 3 is 2.76 bits per heavy atom. The van der Waals surface area contributed by atoms with Crippen LogP contribution in [-0.4, -0.2) is 10.1 Å². The van der Waals surface area contributed by atoms with Gasteiger partial charge in [0.1, 0.15) is 0 Å². The van der Waals surface area contributed by atoms with Gasteiger partial charge in [0.05, 0.1) is 11.1 Å². The van der Waals surface area contributed by atoms with Gasteiger partial charge >= 0.3 is 0 Å². The summed E-state index contributed by atoms with van der Waals surface area (Å²) in [6.07, 6.45) is 4.23. The molecule has 0 saturated heterocycles. The number of hydrogen-bond acceptors (Lipinski definition) is 2. The minimum Gasteiger partial charge on any atom is -0.385 e. The van der Waals surface area contributed by atoms with Crippen LogP contribution < -0.4 is 0 Å². The Labute approximate surface area is 124 Å². The van der Waals surface area contributed by atoms with E-state index in [-0.39, 0.29) is 0 Å². The first kappa shape index (κ1) is 12.5. The maximum absolute atomic E-state index is 11.1. The summed E-state index contributed by atoms with van der Waals surface area (Å²) >= 11 is 0. The lowest BCUT2D eigenvalue weighted by molar-refractivity contribution is 0.0393. The topological polar surface area (TPSA) is 33.1 Å². The number of hydrogen-bond donors (Lipinski definition) is 1. The fourth-order valence-electron chi connectivity index (χ4n) is 3.48. The van der Waals surface area contributed by atoms with Crippen molar-refractivity contribution in [3.8, 4) is 0 Å². The Bertz CT molecular complexity index is 806. The molecule has 2 aromatic carbocycles. The van der Waals surface area contributed by atoms with Crippen LogP contribution in [0.15, 0.2) is 60.8 Å². The molecule has 0 bridgehead atoms. The number of fused-ring (bicyclic) bond motifs is 2. The van der Waals surface area contributed by atoms with Crippen molar-refractivity contribution in [1.29, 1.82) is 0 Å². The van der Waals surface area contributed by atoms with Crippen LogP contribution in [-0.2, 0) is 18.4 Å². The fourth-order valence-corrected chi connectivity index (χ4v) is 3.48. The first-order valence-corrected chi connectivity index (χ1v) is 7.40. The van der Waals surface area contributed by atoms with Gasteiger partial charge in [-0.1, -0.05) is 42.5 Å². The molecule has 0 radical (unpaired) electrons. The number of aryl methyl sites for hydroxylation is 1. The van der Waals surface area contributed by atoms with Crippen LogP contribution in [0.4, 0.5) is 0 Å². The molecule has 1 unspecified atom stereocenters. The van der Waals surface area contributed by atoms with Gasteiger partial charge in [0.15, 0.2) is 0 Å². The maximum Gasteiger partial charge on any atom is 0.0942 e. The molecule has 0 fully saturated rings. The summed E-state index contributed by atoms with van der Waals surface area (Å²) in [5.41, 5.74) is 3.77. The lowest BCUT2D eigenvalue weighted by atomic mass is 9.87. The zero-order valence-corrected chi connectivity index (χ0v) is 11.8. The van der Waals surface area contributed by atoms with Gasteiger partial charge in [0, 0.05) is 18.0 Å². The summed E-state index contributed by atoms with van der Waals surface area (Å²) in [5.74, 6) is 0. The Morgan fingerprint density at radius 1 is 1.00 bits per heavy atom. The summed E-state index contributed by atoms with van der Waals surface area (Å²) in [4.78, 5) is 4.40. The van der Waals surface area contributed by atoms with Gasteiger partial charge in [-0.25, -0.2) is 0 Å². The molecule has 0 saturated carbocycles. The molecular weight excluding hydrogens is 258 g/mol. The first-order valence-electron chi connectivity index (χ1n) is 7.40. The van der Waals surface area contributed by atoms with Gasteiger partial charge in [0.25, 0.3) is 0 Å². The molecule has 0 aliphatic heterocycles. The third-order valence-electron chi connectivity index (χ3n) is 4.55. The van der Waals surface area contributed by atoms with Crippen molar-refractivity contribution in [2.45, 2.75) is 24.9 Å². The maximum atomic E-state index is 11.1. The van der Waals surface area contributed by atoms with Crippen molar-refractivity contribution in [3.05, 3.63) is 77.5 Å². The van der Waals surface area contributed by atoms with E-state index in [2.05, 4.69) is 23.2 Å². The van der Waals surface area contributed by atoms with Crippen LogP contribution in [0.1, 0.15) is 23.1 Å². The van der Waals surface area contributed by atoms with Crippen LogP contribution in [0.2, 0.25) is 0 Å². The van der Waals surface area contributed by atoms with Crippen molar-refractivity contribution >= 4 is 10.9 Å². The van der Waals surface area contributed by atoms with Crippen molar-refractivity contribution < 1.29 is 5.11 Å². The zero-order chi connectivity index (χ0) is 14.3. The van der Waals surface area contributed by atoms with E-state index in [9.17, 15) is 5.11 Å². The molecule has 4 rings (SSSR count). The average molecular weight is 275 g/mol. The third kappa shape index (κ3) is 2.03. The van der Waals surface area contributed by atoms with Crippen LogP contribution in [0, 0.1) is 0 Å². The summed E-state index contributed by atoms with van der Waals surface area (Å²) in [5, 5.41) is 12.3. The number of nitrogens with zero attached hydrogens (tertiary/aromatic N) is 1. The van der Waals surface area contributed by atoms with E-state index in [1.165, 1.54) is 11.1 Å². The minimum atomic E-state index is -0.749. The average Bonchev–Trinajstić information content (AvgIpc) is 2.86. The molecule has 1 aromatic heterocycles. The van der Waals surface area contributed by atoms with Gasteiger partial charge in [-0.3, -0.25) is 4.98 Å². The SMILES string of the molecule is OC1(Cc2ccnc3ccccc23)CCc2ccccc21. The molecular formula is C19H17NO. The Morgan fingerprint density at radius 2 is 1.81 bits per heavy atom. The predicted octanol–water partition coefficient (Wildman–Crippen LogP) is 3.61. The summed E-state index contributed by atoms with van der Waals surface area (Å²) in [6.45, 7) is 0. The fraction of sp³-hybridized carbons (Fsp3) is 0.211. The van der Waals surface area contributed by atoms with E-state index in [0.29, 0.717) is 6.42 Å². The van der Waals surface area contributed by atoms with Crippen molar-refractivity contribution in [3.63, 3.8) is 0 Å². The molecule has 0 amide bonds. The first-order chi connectivity index (χ1) is 10.3. The van der Waals surface area contributed by atoms with Crippen LogP contribution in [0.5, 0.6) is 0 Å². The second kappa shape index (κ2) is 4.68. The van der Waals surface area contributed by atoms with Gasteiger partial charge < -0.3 is 5.11 Å². The molecule has 1 aliphatic carbocycles. The Balaban J connectivity index is 1.79. The lowest BCUT2D eigenvalue weighted by Crippen LogP contribution is -2.25. The van der Waals surface area contributed by atoms with Crippen molar-refractivity contribution in [2.24, 2.45) is 0 Å². The number of aromatic nitrogens is 1. The van der Waals surface area contributed by atoms with E-state index in [4.69, 9.17) is 0 Å². The molecule has 1 heterocycles. The lowest BCUT2D eigenvalue weighted by Gasteiger charge is -2.24. The smallest absolute Gasteiger partial charge is 0.0942 e. The minimum absolute atomic E-state index is 0.646. The molecule has 1 atom stereocenters. The van der Waals surface area contributed by atoms with Crippen LogP contribution in [0.3, 0.4) is 0 Å². The molecule has 1 aliphatic rings. The highest BCUT2D eigenvalue weighted by atomic mass is 16.3. The monoisotopic (exact) mass is 275 g/mol. The van der Waals surface area contributed by atoms with Crippen LogP contribution in [0.25, 0.3) is 10.9 Å². The predicted molar refractivity (Wildman–Crippen MR) is 84.1 cm³/mol. The van der Waals surface area contributed by atoms with Gasteiger partial charge in [-0.2, -0.15) is 0 Å².